The van der Waals surface area contributed by atoms with E-state index in [2.05, 4.69) is 6.92 Å². The van der Waals surface area contributed by atoms with Crippen LogP contribution in [0.5, 0.6) is 0 Å². The van der Waals surface area contributed by atoms with E-state index in [-0.39, 0.29) is 12.1 Å². The standard InChI is InChI=1S/C30H56O2/c1-2-3-4-5-6-7-8-9-10-11-12-13-14-15-19-26-30(31)32-29-25-21-20-24-28(29)27-22-17-16-18-23-27/h27-29H,2-26H2,1H3/t28-,29+/m0/s1. The lowest BCUT2D eigenvalue weighted by atomic mass is 9.72. The molecule has 2 aliphatic carbocycles. The van der Waals surface area contributed by atoms with Crippen LogP contribution in [0.3, 0.4) is 0 Å². The predicted octanol–water partition coefficient (Wildman–Crippen LogP) is 9.93. The number of hydrogen-bond acceptors (Lipinski definition) is 2. The Labute approximate surface area is 201 Å². The van der Waals surface area contributed by atoms with Crippen LogP contribution in [-0.4, -0.2) is 12.1 Å². The molecule has 0 saturated heterocycles. The lowest BCUT2D eigenvalue weighted by Gasteiger charge is -2.38. The van der Waals surface area contributed by atoms with Crippen molar-refractivity contribution in [2.24, 2.45) is 11.8 Å². The van der Waals surface area contributed by atoms with Gasteiger partial charge in [-0.1, -0.05) is 135 Å². The Hall–Kier alpha value is -0.530. The van der Waals surface area contributed by atoms with E-state index in [1.807, 2.05) is 0 Å². The molecule has 0 aromatic heterocycles. The first kappa shape index (κ1) is 27.7. The number of hydrogen-bond donors (Lipinski definition) is 0. The third-order valence-electron chi connectivity index (χ3n) is 8.28. The minimum atomic E-state index is 0.0902. The van der Waals surface area contributed by atoms with Crippen molar-refractivity contribution in [2.45, 2.75) is 174 Å². The lowest BCUT2D eigenvalue weighted by Crippen LogP contribution is -2.35. The summed E-state index contributed by atoms with van der Waals surface area (Å²) < 4.78 is 6.04. The highest BCUT2D eigenvalue weighted by Crippen LogP contribution is 2.39. The zero-order chi connectivity index (χ0) is 22.7. The summed E-state index contributed by atoms with van der Waals surface area (Å²) in [5, 5.41) is 0. The Morgan fingerprint density at radius 2 is 1.06 bits per heavy atom. The molecule has 2 heteroatoms. The first-order valence-corrected chi connectivity index (χ1v) is 15.0. The molecule has 2 aliphatic rings. The summed E-state index contributed by atoms with van der Waals surface area (Å²) in [7, 11) is 0. The predicted molar refractivity (Wildman–Crippen MR) is 138 cm³/mol. The normalized spacial score (nSPS) is 22.2. The summed E-state index contributed by atoms with van der Waals surface area (Å²) in [6.07, 6.45) is 33.3. The second-order valence-corrected chi connectivity index (χ2v) is 11.1. The first-order chi connectivity index (χ1) is 15.8. The molecule has 2 rings (SSSR count). The molecule has 0 amide bonds. The summed E-state index contributed by atoms with van der Waals surface area (Å²) in [6.45, 7) is 2.29. The van der Waals surface area contributed by atoms with E-state index in [1.165, 1.54) is 141 Å². The van der Waals surface area contributed by atoms with Gasteiger partial charge in [-0.3, -0.25) is 4.79 Å². The van der Waals surface area contributed by atoms with Gasteiger partial charge in [-0.2, -0.15) is 0 Å². The number of unbranched alkanes of at least 4 members (excludes halogenated alkanes) is 14. The zero-order valence-electron chi connectivity index (χ0n) is 21.7. The topological polar surface area (TPSA) is 26.3 Å². The molecule has 2 fully saturated rings. The third kappa shape index (κ3) is 12.6. The Morgan fingerprint density at radius 3 is 1.62 bits per heavy atom. The van der Waals surface area contributed by atoms with Gasteiger partial charge in [0.05, 0.1) is 0 Å². The van der Waals surface area contributed by atoms with Crippen LogP contribution in [0.4, 0.5) is 0 Å². The monoisotopic (exact) mass is 448 g/mol. The summed E-state index contributed by atoms with van der Waals surface area (Å²) in [5.74, 6) is 1.58. The van der Waals surface area contributed by atoms with Crippen molar-refractivity contribution in [3.8, 4) is 0 Å². The molecule has 2 atom stereocenters. The van der Waals surface area contributed by atoms with Gasteiger partial charge in [0.1, 0.15) is 6.10 Å². The van der Waals surface area contributed by atoms with Gasteiger partial charge in [-0.15, -0.1) is 0 Å². The molecule has 0 aliphatic heterocycles. The van der Waals surface area contributed by atoms with E-state index in [4.69, 9.17) is 4.74 Å². The van der Waals surface area contributed by atoms with Crippen molar-refractivity contribution < 1.29 is 9.53 Å². The summed E-state index contributed by atoms with van der Waals surface area (Å²) in [5.41, 5.74) is 0. The van der Waals surface area contributed by atoms with Crippen LogP contribution in [0.1, 0.15) is 167 Å². The highest BCUT2D eigenvalue weighted by molar-refractivity contribution is 5.69. The number of esters is 1. The number of carbonyl (C=O) groups excluding carboxylic acids is 1. The fraction of sp³-hybridized carbons (Fsp3) is 0.967. The quantitative estimate of drug-likeness (QED) is 0.154. The van der Waals surface area contributed by atoms with Gasteiger partial charge in [-0.05, 0) is 37.5 Å². The summed E-state index contributed by atoms with van der Waals surface area (Å²) in [6, 6.07) is 0. The van der Waals surface area contributed by atoms with Crippen molar-refractivity contribution in [1.29, 1.82) is 0 Å². The van der Waals surface area contributed by atoms with Crippen molar-refractivity contribution in [3.63, 3.8) is 0 Å². The number of carbonyl (C=O) groups is 1. The molecule has 0 aromatic rings. The molecule has 0 radical (unpaired) electrons. The van der Waals surface area contributed by atoms with E-state index in [0.717, 1.165) is 18.8 Å². The van der Waals surface area contributed by atoms with Crippen LogP contribution in [0.2, 0.25) is 0 Å². The molecule has 0 N–H and O–H groups in total. The molecule has 2 saturated carbocycles. The van der Waals surface area contributed by atoms with Gasteiger partial charge in [0.15, 0.2) is 0 Å². The van der Waals surface area contributed by atoms with Crippen molar-refractivity contribution in [2.75, 3.05) is 0 Å². The first-order valence-electron chi connectivity index (χ1n) is 15.0. The highest BCUT2D eigenvalue weighted by atomic mass is 16.5. The molecule has 32 heavy (non-hydrogen) atoms. The molecular weight excluding hydrogens is 392 g/mol. The Morgan fingerprint density at radius 1 is 0.594 bits per heavy atom. The Bertz CT molecular complexity index is 440. The fourth-order valence-electron chi connectivity index (χ4n) is 6.24. The average Bonchev–Trinajstić information content (AvgIpc) is 2.82. The van der Waals surface area contributed by atoms with E-state index >= 15 is 0 Å². The van der Waals surface area contributed by atoms with E-state index < -0.39 is 0 Å². The van der Waals surface area contributed by atoms with Crippen LogP contribution < -0.4 is 0 Å². The average molecular weight is 449 g/mol. The zero-order valence-corrected chi connectivity index (χ0v) is 21.7. The third-order valence-corrected chi connectivity index (χ3v) is 8.28. The molecule has 0 aromatic carbocycles. The molecule has 0 heterocycles. The molecule has 2 nitrogen and oxygen atoms in total. The van der Waals surface area contributed by atoms with Gasteiger partial charge in [0.2, 0.25) is 0 Å². The van der Waals surface area contributed by atoms with Gasteiger partial charge >= 0.3 is 5.97 Å². The van der Waals surface area contributed by atoms with Crippen LogP contribution in [0.25, 0.3) is 0 Å². The van der Waals surface area contributed by atoms with E-state index in [9.17, 15) is 4.79 Å². The second kappa shape index (κ2) is 18.8. The molecule has 0 spiro atoms. The molecular formula is C30H56O2. The summed E-state index contributed by atoms with van der Waals surface area (Å²) in [4.78, 5) is 12.5. The smallest absolute Gasteiger partial charge is 0.306 e. The SMILES string of the molecule is CCCCCCCCCCCCCCCCCC(=O)O[C@@H]1CCCC[C@H]1C1CCCCC1. The summed E-state index contributed by atoms with van der Waals surface area (Å²) >= 11 is 0. The molecule has 0 bridgehead atoms. The maximum Gasteiger partial charge on any atom is 0.306 e. The van der Waals surface area contributed by atoms with Gasteiger partial charge in [-0.25, -0.2) is 0 Å². The fourth-order valence-corrected chi connectivity index (χ4v) is 6.24. The number of rotatable bonds is 18. The Balaban J connectivity index is 1.39. The van der Waals surface area contributed by atoms with E-state index in [1.54, 1.807) is 0 Å². The van der Waals surface area contributed by atoms with Gasteiger partial charge in [0, 0.05) is 6.42 Å². The van der Waals surface area contributed by atoms with Crippen LogP contribution in [0.15, 0.2) is 0 Å². The van der Waals surface area contributed by atoms with Crippen molar-refractivity contribution in [3.05, 3.63) is 0 Å². The van der Waals surface area contributed by atoms with Crippen molar-refractivity contribution in [1.82, 2.24) is 0 Å². The van der Waals surface area contributed by atoms with Crippen LogP contribution >= 0.6 is 0 Å². The highest BCUT2D eigenvalue weighted by Gasteiger charge is 2.34. The van der Waals surface area contributed by atoms with Crippen LogP contribution in [-0.2, 0) is 9.53 Å². The Kier molecular flexibility index (Phi) is 16.3. The maximum atomic E-state index is 12.5. The van der Waals surface area contributed by atoms with Crippen molar-refractivity contribution >= 4 is 5.97 Å². The molecule has 188 valence electrons. The van der Waals surface area contributed by atoms with Gasteiger partial charge < -0.3 is 4.74 Å². The van der Waals surface area contributed by atoms with E-state index in [0.29, 0.717) is 12.3 Å². The van der Waals surface area contributed by atoms with Crippen LogP contribution in [0, 0.1) is 11.8 Å². The van der Waals surface area contributed by atoms with Gasteiger partial charge in [0.25, 0.3) is 0 Å². The second-order valence-electron chi connectivity index (χ2n) is 11.1. The largest absolute Gasteiger partial charge is 0.462 e. The minimum Gasteiger partial charge on any atom is -0.462 e. The minimum absolute atomic E-state index is 0.0902. The molecule has 0 unspecified atom stereocenters. The number of ether oxygens (including phenoxy) is 1. The lowest BCUT2D eigenvalue weighted by molar-refractivity contribution is -0.155. The maximum absolute atomic E-state index is 12.5.